The molecule has 0 spiro atoms. The van der Waals surface area contributed by atoms with E-state index in [0.717, 1.165) is 5.56 Å². The molecular weight excluding hydrogens is 280 g/mol. The molecule has 0 aliphatic carbocycles. The van der Waals surface area contributed by atoms with Gasteiger partial charge in [0.1, 0.15) is 0 Å². The predicted molar refractivity (Wildman–Crippen MR) is 79.7 cm³/mol. The molecule has 1 heterocycles. The van der Waals surface area contributed by atoms with Gasteiger partial charge in [0.25, 0.3) is 5.91 Å². The lowest BCUT2D eigenvalue weighted by Gasteiger charge is -2.05. The quantitative estimate of drug-likeness (QED) is 0.836. The van der Waals surface area contributed by atoms with E-state index in [1.165, 1.54) is 11.3 Å². The standard InChI is InChI=1S/C14H11ClN2OS/c15-13-8-7-12(19-13)14(18)17-11-6-2-1-4-10(11)5-3-9-16/h1-2,4,6-8H,9,16H2,(H,17,18). The fraction of sp³-hybridized carbons (Fsp3) is 0.0714. The van der Waals surface area contributed by atoms with Crippen molar-refractivity contribution < 1.29 is 4.79 Å². The second kappa shape index (κ2) is 6.39. The lowest BCUT2D eigenvalue weighted by Crippen LogP contribution is -2.11. The van der Waals surface area contributed by atoms with Gasteiger partial charge < -0.3 is 11.1 Å². The number of amides is 1. The maximum absolute atomic E-state index is 12.0. The minimum absolute atomic E-state index is 0.195. The van der Waals surface area contributed by atoms with Gasteiger partial charge >= 0.3 is 0 Å². The molecule has 3 nitrogen and oxygen atoms in total. The van der Waals surface area contributed by atoms with Gasteiger partial charge in [0.05, 0.1) is 21.4 Å². The third-order valence-electron chi connectivity index (χ3n) is 2.30. The van der Waals surface area contributed by atoms with E-state index in [1.807, 2.05) is 18.2 Å². The molecule has 2 rings (SSSR count). The normalized spacial score (nSPS) is 9.58. The van der Waals surface area contributed by atoms with Crippen LogP contribution in [0.1, 0.15) is 15.2 Å². The molecule has 0 fully saturated rings. The summed E-state index contributed by atoms with van der Waals surface area (Å²) in [6.45, 7) is 0.281. The molecule has 19 heavy (non-hydrogen) atoms. The van der Waals surface area contributed by atoms with Crippen LogP contribution in [-0.2, 0) is 0 Å². The van der Waals surface area contributed by atoms with Gasteiger partial charge in [-0.2, -0.15) is 0 Å². The van der Waals surface area contributed by atoms with Gasteiger partial charge in [0.15, 0.2) is 0 Å². The highest BCUT2D eigenvalue weighted by molar-refractivity contribution is 7.18. The average molecular weight is 291 g/mol. The molecule has 0 unspecified atom stereocenters. The molecule has 1 aromatic heterocycles. The highest BCUT2D eigenvalue weighted by Crippen LogP contribution is 2.23. The zero-order chi connectivity index (χ0) is 13.7. The lowest BCUT2D eigenvalue weighted by molar-refractivity contribution is 0.103. The third-order valence-corrected chi connectivity index (χ3v) is 3.53. The Kier molecular flexibility index (Phi) is 4.58. The van der Waals surface area contributed by atoms with Crippen molar-refractivity contribution in [3.8, 4) is 11.8 Å². The van der Waals surface area contributed by atoms with Gasteiger partial charge in [-0.05, 0) is 24.3 Å². The molecule has 0 saturated carbocycles. The number of halogens is 1. The Bertz CT molecular complexity index is 655. The summed E-state index contributed by atoms with van der Waals surface area (Å²) >= 11 is 7.05. The van der Waals surface area contributed by atoms with Crippen molar-refractivity contribution in [2.45, 2.75) is 0 Å². The SMILES string of the molecule is NCC#Cc1ccccc1NC(=O)c1ccc(Cl)s1. The smallest absolute Gasteiger partial charge is 0.265 e. The molecule has 0 radical (unpaired) electrons. The Hall–Kier alpha value is -1.80. The molecule has 0 aliphatic heterocycles. The molecule has 3 N–H and O–H groups in total. The summed E-state index contributed by atoms with van der Waals surface area (Å²) in [5, 5.41) is 2.82. The summed E-state index contributed by atoms with van der Waals surface area (Å²) in [5.74, 6) is 5.50. The topological polar surface area (TPSA) is 55.1 Å². The first-order valence-electron chi connectivity index (χ1n) is 5.55. The fourth-order valence-electron chi connectivity index (χ4n) is 1.47. The number of carbonyl (C=O) groups excluding carboxylic acids is 1. The highest BCUT2D eigenvalue weighted by atomic mass is 35.5. The number of thiophene rings is 1. The van der Waals surface area contributed by atoms with Crippen LogP contribution in [0.25, 0.3) is 0 Å². The lowest BCUT2D eigenvalue weighted by atomic mass is 10.2. The van der Waals surface area contributed by atoms with E-state index in [-0.39, 0.29) is 12.5 Å². The molecule has 96 valence electrons. The number of rotatable bonds is 2. The Morgan fingerprint density at radius 2 is 2.11 bits per heavy atom. The fourth-order valence-corrected chi connectivity index (χ4v) is 2.41. The van der Waals surface area contributed by atoms with E-state index < -0.39 is 0 Å². The monoisotopic (exact) mass is 290 g/mol. The van der Waals surface area contributed by atoms with Crippen LogP contribution in [0.15, 0.2) is 36.4 Å². The first-order chi connectivity index (χ1) is 9.20. The van der Waals surface area contributed by atoms with Gasteiger partial charge in [-0.25, -0.2) is 0 Å². The Morgan fingerprint density at radius 3 is 2.79 bits per heavy atom. The first kappa shape index (κ1) is 13.6. The van der Waals surface area contributed by atoms with Crippen LogP contribution < -0.4 is 11.1 Å². The maximum atomic E-state index is 12.0. The van der Waals surface area contributed by atoms with Gasteiger partial charge in [0.2, 0.25) is 0 Å². The summed E-state index contributed by atoms with van der Waals surface area (Å²) in [6.07, 6.45) is 0. The van der Waals surface area contributed by atoms with Crippen molar-refractivity contribution >= 4 is 34.5 Å². The number of para-hydroxylation sites is 1. The number of benzene rings is 1. The van der Waals surface area contributed by atoms with E-state index in [4.69, 9.17) is 17.3 Å². The Morgan fingerprint density at radius 1 is 1.32 bits per heavy atom. The summed E-state index contributed by atoms with van der Waals surface area (Å²) in [6, 6.07) is 10.7. The number of hydrogen-bond acceptors (Lipinski definition) is 3. The molecule has 0 aliphatic rings. The molecule has 1 aromatic carbocycles. The number of anilines is 1. The van der Waals surface area contributed by atoms with Gasteiger partial charge in [-0.3, -0.25) is 4.79 Å². The molecule has 0 atom stereocenters. The minimum Gasteiger partial charge on any atom is -0.320 e. The summed E-state index contributed by atoms with van der Waals surface area (Å²) < 4.78 is 0.585. The van der Waals surface area contributed by atoms with Gasteiger partial charge in [-0.15, -0.1) is 11.3 Å². The Balaban J connectivity index is 2.21. The van der Waals surface area contributed by atoms with Crippen molar-refractivity contribution in [2.24, 2.45) is 5.73 Å². The van der Waals surface area contributed by atoms with Crippen molar-refractivity contribution in [3.05, 3.63) is 51.2 Å². The predicted octanol–water partition coefficient (Wildman–Crippen LogP) is 2.96. The second-order valence-electron chi connectivity index (χ2n) is 3.61. The molecular formula is C14H11ClN2OS. The van der Waals surface area contributed by atoms with E-state index in [2.05, 4.69) is 17.2 Å². The van der Waals surface area contributed by atoms with Crippen LogP contribution in [-0.4, -0.2) is 12.5 Å². The number of nitrogens with two attached hydrogens (primary N) is 1. The number of nitrogens with one attached hydrogen (secondary N) is 1. The average Bonchev–Trinajstić information content (AvgIpc) is 2.84. The molecule has 1 amide bonds. The van der Waals surface area contributed by atoms with Crippen LogP contribution in [0, 0.1) is 11.8 Å². The van der Waals surface area contributed by atoms with Crippen molar-refractivity contribution in [2.75, 3.05) is 11.9 Å². The zero-order valence-electron chi connectivity index (χ0n) is 9.94. The van der Waals surface area contributed by atoms with Crippen molar-refractivity contribution in [1.82, 2.24) is 0 Å². The van der Waals surface area contributed by atoms with Crippen LogP contribution in [0.4, 0.5) is 5.69 Å². The third kappa shape index (κ3) is 3.58. The highest BCUT2D eigenvalue weighted by Gasteiger charge is 2.10. The summed E-state index contributed by atoms with van der Waals surface area (Å²) in [7, 11) is 0. The minimum atomic E-state index is -0.195. The van der Waals surface area contributed by atoms with E-state index >= 15 is 0 Å². The second-order valence-corrected chi connectivity index (χ2v) is 5.32. The van der Waals surface area contributed by atoms with Crippen LogP contribution in [0.3, 0.4) is 0 Å². The summed E-state index contributed by atoms with van der Waals surface area (Å²) in [5.41, 5.74) is 6.75. The summed E-state index contributed by atoms with van der Waals surface area (Å²) in [4.78, 5) is 12.6. The maximum Gasteiger partial charge on any atom is 0.265 e. The largest absolute Gasteiger partial charge is 0.320 e. The van der Waals surface area contributed by atoms with Crippen LogP contribution in [0.2, 0.25) is 4.34 Å². The number of hydrogen-bond donors (Lipinski definition) is 2. The van der Waals surface area contributed by atoms with Crippen molar-refractivity contribution in [1.29, 1.82) is 0 Å². The van der Waals surface area contributed by atoms with Crippen LogP contribution >= 0.6 is 22.9 Å². The molecule has 2 aromatic rings. The molecule has 0 bridgehead atoms. The zero-order valence-corrected chi connectivity index (χ0v) is 11.5. The van der Waals surface area contributed by atoms with Gasteiger partial charge in [0, 0.05) is 5.56 Å². The van der Waals surface area contributed by atoms with E-state index in [9.17, 15) is 4.79 Å². The van der Waals surface area contributed by atoms with Crippen LogP contribution in [0.5, 0.6) is 0 Å². The first-order valence-corrected chi connectivity index (χ1v) is 6.75. The molecule has 0 saturated heterocycles. The molecule has 5 heteroatoms. The Labute approximate surface area is 120 Å². The van der Waals surface area contributed by atoms with E-state index in [0.29, 0.717) is 14.9 Å². The number of carbonyl (C=O) groups is 1. The van der Waals surface area contributed by atoms with Crippen molar-refractivity contribution in [3.63, 3.8) is 0 Å². The van der Waals surface area contributed by atoms with Gasteiger partial charge in [-0.1, -0.05) is 35.6 Å². The van der Waals surface area contributed by atoms with E-state index in [1.54, 1.807) is 18.2 Å².